The van der Waals surface area contributed by atoms with E-state index < -0.39 is 0 Å². The summed E-state index contributed by atoms with van der Waals surface area (Å²) < 4.78 is 5.63. The first-order valence-corrected chi connectivity index (χ1v) is 5.80. The number of ether oxygens (including phenoxy) is 1. The van der Waals surface area contributed by atoms with E-state index in [1.165, 1.54) is 6.42 Å². The lowest BCUT2D eigenvalue weighted by atomic mass is 10.00. The maximum atomic E-state index is 5.63. The Labute approximate surface area is 89.4 Å². The molecule has 2 nitrogen and oxygen atoms in total. The Morgan fingerprint density at radius 1 is 1.21 bits per heavy atom. The van der Waals surface area contributed by atoms with Crippen LogP contribution in [0.25, 0.3) is 0 Å². The van der Waals surface area contributed by atoms with Crippen LogP contribution in [-0.2, 0) is 4.74 Å². The van der Waals surface area contributed by atoms with Crippen LogP contribution in [-0.4, -0.2) is 24.8 Å². The summed E-state index contributed by atoms with van der Waals surface area (Å²) in [4.78, 5) is 0. The molecule has 1 N–H and O–H groups in total. The Bertz CT molecular complexity index is 145. The second-order valence-corrected chi connectivity index (χ2v) is 4.75. The smallest absolute Gasteiger partial charge is 0.0750 e. The summed E-state index contributed by atoms with van der Waals surface area (Å²) >= 11 is 0. The molecule has 0 aromatic rings. The van der Waals surface area contributed by atoms with Gasteiger partial charge in [-0.25, -0.2) is 0 Å². The molecule has 2 unspecified atom stereocenters. The zero-order valence-corrected chi connectivity index (χ0v) is 10.7. The highest BCUT2D eigenvalue weighted by Crippen LogP contribution is 2.11. The third kappa shape index (κ3) is 5.61. The van der Waals surface area contributed by atoms with Gasteiger partial charge in [0.1, 0.15) is 0 Å². The largest absolute Gasteiger partial charge is 0.375 e. The van der Waals surface area contributed by atoms with Crippen molar-refractivity contribution in [2.24, 2.45) is 5.92 Å². The molecule has 0 amide bonds. The van der Waals surface area contributed by atoms with E-state index >= 15 is 0 Å². The van der Waals surface area contributed by atoms with E-state index in [1.54, 1.807) is 0 Å². The molecule has 0 saturated heterocycles. The van der Waals surface area contributed by atoms with Crippen molar-refractivity contribution in [1.29, 1.82) is 0 Å². The van der Waals surface area contributed by atoms with E-state index in [2.05, 4.69) is 39.9 Å². The molecule has 0 aliphatic rings. The van der Waals surface area contributed by atoms with Crippen molar-refractivity contribution in [3.8, 4) is 0 Å². The zero-order valence-electron chi connectivity index (χ0n) is 10.7. The fourth-order valence-corrected chi connectivity index (χ4v) is 1.40. The first-order chi connectivity index (χ1) is 6.43. The highest BCUT2D eigenvalue weighted by molar-refractivity contribution is 4.76. The van der Waals surface area contributed by atoms with Gasteiger partial charge in [-0.3, -0.25) is 0 Å². The Morgan fingerprint density at radius 3 is 2.21 bits per heavy atom. The van der Waals surface area contributed by atoms with Crippen molar-refractivity contribution in [2.75, 3.05) is 13.2 Å². The predicted octanol–water partition coefficient (Wildman–Crippen LogP) is 2.83. The van der Waals surface area contributed by atoms with E-state index in [0.717, 1.165) is 19.1 Å². The van der Waals surface area contributed by atoms with Gasteiger partial charge in [0.2, 0.25) is 0 Å². The molecule has 86 valence electrons. The summed E-state index contributed by atoms with van der Waals surface area (Å²) in [5.74, 6) is 0.729. The van der Waals surface area contributed by atoms with E-state index in [-0.39, 0.29) is 5.60 Å². The van der Waals surface area contributed by atoms with Crippen LogP contribution in [0.3, 0.4) is 0 Å². The fourth-order valence-electron chi connectivity index (χ4n) is 1.40. The number of nitrogens with one attached hydrogen (secondary N) is 1. The average molecular weight is 201 g/mol. The molecular formula is C12H27NO. The maximum absolute atomic E-state index is 5.63. The van der Waals surface area contributed by atoms with Crippen molar-refractivity contribution in [3.05, 3.63) is 0 Å². The molecule has 2 heteroatoms. The molecule has 14 heavy (non-hydrogen) atoms. The van der Waals surface area contributed by atoms with Gasteiger partial charge in [0, 0.05) is 19.2 Å². The lowest BCUT2D eigenvalue weighted by molar-refractivity contribution is -0.0113. The van der Waals surface area contributed by atoms with Crippen molar-refractivity contribution < 1.29 is 4.74 Å². The molecule has 0 aliphatic heterocycles. The molecule has 2 atom stereocenters. The van der Waals surface area contributed by atoms with Crippen LogP contribution in [0.2, 0.25) is 0 Å². The van der Waals surface area contributed by atoms with E-state index in [0.29, 0.717) is 6.04 Å². The molecule has 0 fully saturated rings. The lowest BCUT2D eigenvalue weighted by Crippen LogP contribution is -2.43. The molecule has 0 bridgehead atoms. The van der Waals surface area contributed by atoms with E-state index in [9.17, 15) is 0 Å². The third-order valence-corrected chi connectivity index (χ3v) is 2.88. The summed E-state index contributed by atoms with van der Waals surface area (Å²) in [6.07, 6.45) is 1.23. The van der Waals surface area contributed by atoms with Crippen LogP contribution < -0.4 is 5.32 Å². The number of hydrogen-bond donors (Lipinski definition) is 1. The van der Waals surface area contributed by atoms with Gasteiger partial charge in [-0.05, 0) is 33.6 Å². The average Bonchev–Trinajstić information content (AvgIpc) is 2.13. The molecule has 0 saturated carbocycles. The van der Waals surface area contributed by atoms with Crippen LogP contribution >= 0.6 is 0 Å². The van der Waals surface area contributed by atoms with Gasteiger partial charge in [-0.2, -0.15) is 0 Å². The van der Waals surface area contributed by atoms with E-state index in [4.69, 9.17) is 4.74 Å². The van der Waals surface area contributed by atoms with Gasteiger partial charge in [0.25, 0.3) is 0 Å². The molecule has 0 aromatic heterocycles. The van der Waals surface area contributed by atoms with Gasteiger partial charge in [0.05, 0.1) is 5.60 Å². The summed E-state index contributed by atoms with van der Waals surface area (Å²) in [6, 6.07) is 0.569. The van der Waals surface area contributed by atoms with Crippen molar-refractivity contribution in [1.82, 2.24) is 5.32 Å². The predicted molar refractivity (Wildman–Crippen MR) is 62.6 cm³/mol. The third-order valence-electron chi connectivity index (χ3n) is 2.88. The van der Waals surface area contributed by atoms with Gasteiger partial charge < -0.3 is 10.1 Å². The molecular weight excluding hydrogens is 174 g/mol. The van der Waals surface area contributed by atoms with Crippen molar-refractivity contribution >= 4 is 0 Å². The molecule has 0 aromatic carbocycles. The second kappa shape index (κ2) is 6.41. The lowest BCUT2D eigenvalue weighted by Gasteiger charge is -2.29. The minimum atomic E-state index is -0.0452. The zero-order chi connectivity index (χ0) is 11.2. The SMILES string of the molecule is CCOC(C)(C)CNC(C)C(C)CC. The quantitative estimate of drug-likeness (QED) is 0.684. The minimum Gasteiger partial charge on any atom is -0.375 e. The van der Waals surface area contributed by atoms with Gasteiger partial charge in [-0.1, -0.05) is 20.3 Å². The van der Waals surface area contributed by atoms with Crippen LogP contribution in [0.4, 0.5) is 0 Å². The minimum absolute atomic E-state index is 0.0452. The number of hydrogen-bond acceptors (Lipinski definition) is 2. The van der Waals surface area contributed by atoms with Gasteiger partial charge >= 0.3 is 0 Å². The fraction of sp³-hybridized carbons (Fsp3) is 1.00. The summed E-state index contributed by atoms with van der Waals surface area (Å²) in [5.41, 5.74) is -0.0452. The standard InChI is InChI=1S/C12H27NO/c1-7-10(3)11(4)13-9-12(5,6)14-8-2/h10-11,13H,7-9H2,1-6H3. The topological polar surface area (TPSA) is 21.3 Å². The summed E-state index contributed by atoms with van der Waals surface area (Å²) in [5, 5.41) is 3.53. The highest BCUT2D eigenvalue weighted by atomic mass is 16.5. The highest BCUT2D eigenvalue weighted by Gasteiger charge is 2.19. The van der Waals surface area contributed by atoms with E-state index in [1.807, 2.05) is 6.92 Å². The van der Waals surface area contributed by atoms with Gasteiger partial charge in [0.15, 0.2) is 0 Å². The Hall–Kier alpha value is -0.0800. The Morgan fingerprint density at radius 2 is 1.79 bits per heavy atom. The molecule has 0 spiro atoms. The maximum Gasteiger partial charge on any atom is 0.0750 e. The second-order valence-electron chi connectivity index (χ2n) is 4.75. The summed E-state index contributed by atoms with van der Waals surface area (Å²) in [7, 11) is 0. The van der Waals surface area contributed by atoms with Crippen molar-refractivity contribution in [3.63, 3.8) is 0 Å². The van der Waals surface area contributed by atoms with Crippen LogP contribution in [0.5, 0.6) is 0 Å². The molecule has 0 aliphatic carbocycles. The Balaban J connectivity index is 3.80. The molecule has 0 radical (unpaired) electrons. The molecule has 0 rings (SSSR count). The monoisotopic (exact) mass is 201 g/mol. The Kier molecular flexibility index (Phi) is 6.38. The van der Waals surface area contributed by atoms with Crippen LogP contribution in [0, 0.1) is 5.92 Å². The molecule has 0 heterocycles. The first-order valence-electron chi connectivity index (χ1n) is 5.80. The normalized spacial score (nSPS) is 16.7. The first kappa shape index (κ1) is 13.9. The van der Waals surface area contributed by atoms with Gasteiger partial charge in [-0.15, -0.1) is 0 Å². The van der Waals surface area contributed by atoms with Crippen molar-refractivity contribution in [2.45, 2.75) is 59.6 Å². The summed E-state index contributed by atoms with van der Waals surface area (Å²) in [6.45, 7) is 14.8. The van der Waals surface area contributed by atoms with Crippen LogP contribution in [0.15, 0.2) is 0 Å². The number of rotatable bonds is 7. The van der Waals surface area contributed by atoms with Crippen LogP contribution in [0.1, 0.15) is 48.0 Å².